The Labute approximate surface area is 223 Å². The molecule has 194 valence electrons. The summed E-state index contributed by atoms with van der Waals surface area (Å²) in [7, 11) is 1.33. The van der Waals surface area contributed by atoms with Crippen molar-refractivity contribution in [1.29, 1.82) is 0 Å². The number of aromatic amines is 2. The second-order valence-electron chi connectivity index (χ2n) is 9.25. The number of esters is 1. The first kappa shape index (κ1) is 24.2. The number of nitrogens with one attached hydrogen (secondary N) is 2. The number of hydrogen-bond donors (Lipinski definition) is 3. The van der Waals surface area contributed by atoms with Gasteiger partial charge in [0, 0.05) is 41.1 Å². The molecule has 0 fully saturated rings. The lowest BCUT2D eigenvalue weighted by Crippen LogP contribution is -2.30. The Bertz CT molecular complexity index is 1720. The number of imidazole rings is 1. The van der Waals surface area contributed by atoms with E-state index in [1.54, 1.807) is 35.5 Å². The number of carbonyl (C=O) groups is 2. The van der Waals surface area contributed by atoms with Gasteiger partial charge in [-0.05, 0) is 42.3 Å². The van der Waals surface area contributed by atoms with E-state index in [0.29, 0.717) is 40.4 Å². The number of benzene rings is 3. The van der Waals surface area contributed by atoms with Gasteiger partial charge in [0.15, 0.2) is 5.88 Å². The molecule has 1 amide bonds. The molecule has 1 aliphatic heterocycles. The first-order chi connectivity index (χ1) is 19.0. The predicted octanol–water partition coefficient (Wildman–Crippen LogP) is 4.68. The minimum Gasteiger partial charge on any atom is -0.494 e. The molecule has 2 aromatic heterocycles. The van der Waals surface area contributed by atoms with Crippen molar-refractivity contribution in [2.45, 2.75) is 12.8 Å². The molecule has 0 bridgehead atoms. The fourth-order valence-electron chi connectivity index (χ4n) is 5.01. The van der Waals surface area contributed by atoms with Gasteiger partial charge in [-0.3, -0.25) is 4.79 Å². The first-order valence-electron chi connectivity index (χ1n) is 12.5. The molecular formula is C30H25N5O4. The topological polar surface area (TPSA) is 124 Å². The number of rotatable bonds is 6. The van der Waals surface area contributed by atoms with Crippen LogP contribution in [0.5, 0.6) is 5.88 Å². The lowest BCUT2D eigenvalue weighted by Gasteiger charge is -2.17. The highest BCUT2D eigenvalue weighted by Gasteiger charge is 2.26. The van der Waals surface area contributed by atoms with E-state index in [-0.39, 0.29) is 18.2 Å². The van der Waals surface area contributed by atoms with E-state index in [0.717, 1.165) is 28.6 Å². The van der Waals surface area contributed by atoms with E-state index in [9.17, 15) is 14.7 Å². The van der Waals surface area contributed by atoms with Crippen LogP contribution in [0.1, 0.15) is 32.9 Å². The second kappa shape index (κ2) is 9.94. The van der Waals surface area contributed by atoms with Crippen molar-refractivity contribution < 1.29 is 19.4 Å². The van der Waals surface area contributed by atoms with Gasteiger partial charge in [-0.2, -0.15) is 0 Å². The summed E-state index contributed by atoms with van der Waals surface area (Å²) in [6.45, 7) is 0.597. The molecule has 6 rings (SSSR count). The summed E-state index contributed by atoms with van der Waals surface area (Å²) in [5, 5.41) is 11.7. The van der Waals surface area contributed by atoms with E-state index < -0.39 is 5.97 Å². The Balaban J connectivity index is 1.40. The molecule has 0 spiro atoms. The number of nitrogens with zero attached hydrogens (tertiary/aromatic N) is 3. The van der Waals surface area contributed by atoms with Gasteiger partial charge in [0.25, 0.3) is 0 Å². The van der Waals surface area contributed by atoms with Crippen LogP contribution in [0.4, 0.5) is 11.4 Å². The standard InChI is InChI=1S/C30H25N5O4/c1-39-30(38)20-7-9-22-23(16-20)34-29(37)27(22)28(18-5-3-2-4-6-18)33-21-8-10-24-19(15-21)11-14-35(24)26(36)17-25-31-12-13-32-25/h2-10,12-13,15-16,34,37H,11,14,17H2,1H3,(H,31,32). The van der Waals surface area contributed by atoms with Crippen LogP contribution >= 0.6 is 0 Å². The third-order valence-electron chi connectivity index (χ3n) is 6.86. The van der Waals surface area contributed by atoms with Crippen LogP contribution < -0.4 is 4.90 Å². The smallest absolute Gasteiger partial charge is 0.337 e. The van der Waals surface area contributed by atoms with Gasteiger partial charge in [-0.1, -0.05) is 36.4 Å². The summed E-state index contributed by atoms with van der Waals surface area (Å²) >= 11 is 0. The highest BCUT2D eigenvalue weighted by molar-refractivity contribution is 6.22. The molecule has 9 heteroatoms. The van der Waals surface area contributed by atoms with E-state index >= 15 is 0 Å². The minimum atomic E-state index is -0.459. The molecule has 0 saturated heterocycles. The molecule has 0 aliphatic carbocycles. The fourth-order valence-corrected chi connectivity index (χ4v) is 5.01. The average molecular weight is 520 g/mol. The molecule has 39 heavy (non-hydrogen) atoms. The summed E-state index contributed by atoms with van der Waals surface area (Å²) in [5.74, 6) is 0.115. The largest absolute Gasteiger partial charge is 0.494 e. The Morgan fingerprint density at radius 2 is 1.92 bits per heavy atom. The predicted molar refractivity (Wildman–Crippen MR) is 148 cm³/mol. The van der Waals surface area contributed by atoms with Crippen molar-refractivity contribution in [1.82, 2.24) is 15.0 Å². The molecule has 5 aromatic rings. The summed E-state index contributed by atoms with van der Waals surface area (Å²) in [5.41, 5.74) is 5.50. The van der Waals surface area contributed by atoms with E-state index in [4.69, 9.17) is 9.73 Å². The first-order valence-corrected chi connectivity index (χ1v) is 12.5. The van der Waals surface area contributed by atoms with E-state index in [1.165, 1.54) is 7.11 Å². The van der Waals surface area contributed by atoms with Crippen molar-refractivity contribution in [3.8, 4) is 5.88 Å². The minimum absolute atomic E-state index is 0.0139. The lowest BCUT2D eigenvalue weighted by molar-refractivity contribution is -0.118. The summed E-state index contributed by atoms with van der Waals surface area (Å²) in [4.78, 5) is 41.8. The zero-order valence-corrected chi connectivity index (χ0v) is 21.1. The van der Waals surface area contributed by atoms with Crippen LogP contribution in [-0.2, 0) is 22.4 Å². The van der Waals surface area contributed by atoms with Gasteiger partial charge in [0.2, 0.25) is 5.91 Å². The van der Waals surface area contributed by atoms with Gasteiger partial charge >= 0.3 is 5.97 Å². The third-order valence-corrected chi connectivity index (χ3v) is 6.86. The Kier molecular flexibility index (Phi) is 6.16. The van der Waals surface area contributed by atoms with E-state index in [1.807, 2.05) is 48.5 Å². The number of amides is 1. The van der Waals surface area contributed by atoms with Crippen LogP contribution in [0.2, 0.25) is 0 Å². The Morgan fingerprint density at radius 3 is 2.69 bits per heavy atom. The Hall–Kier alpha value is -5.18. The molecule has 3 N–H and O–H groups in total. The molecule has 1 aliphatic rings. The van der Waals surface area contributed by atoms with Crippen molar-refractivity contribution in [3.05, 3.63) is 107 Å². The van der Waals surface area contributed by atoms with Crippen LogP contribution in [-0.4, -0.2) is 51.3 Å². The van der Waals surface area contributed by atoms with Gasteiger partial charge < -0.3 is 24.7 Å². The zero-order valence-electron chi connectivity index (χ0n) is 21.1. The monoisotopic (exact) mass is 519 g/mol. The quantitative estimate of drug-likeness (QED) is 0.222. The number of hydrogen-bond acceptors (Lipinski definition) is 6. The SMILES string of the molecule is COC(=O)c1ccc2c(C(=Nc3ccc4c(c3)CCN4C(=O)Cc3ncc[nH]3)c3ccccc3)c(O)[nH]c2c1. The highest BCUT2D eigenvalue weighted by atomic mass is 16.5. The maximum Gasteiger partial charge on any atom is 0.337 e. The molecule has 0 unspecified atom stereocenters. The molecule has 0 atom stereocenters. The maximum atomic E-state index is 12.9. The van der Waals surface area contributed by atoms with Crippen molar-refractivity contribution in [3.63, 3.8) is 0 Å². The zero-order chi connectivity index (χ0) is 26.9. The number of ether oxygens (including phenoxy) is 1. The highest BCUT2D eigenvalue weighted by Crippen LogP contribution is 2.35. The molecule has 0 radical (unpaired) electrons. The average Bonchev–Trinajstić information content (AvgIpc) is 3.69. The lowest BCUT2D eigenvalue weighted by atomic mass is 10.00. The number of fused-ring (bicyclic) bond motifs is 2. The molecule has 9 nitrogen and oxygen atoms in total. The van der Waals surface area contributed by atoms with Crippen molar-refractivity contribution >= 4 is 39.9 Å². The van der Waals surface area contributed by atoms with Gasteiger partial charge in [0.1, 0.15) is 5.82 Å². The molecular weight excluding hydrogens is 494 g/mol. The number of anilines is 1. The fraction of sp³-hybridized carbons (Fsp3) is 0.133. The summed E-state index contributed by atoms with van der Waals surface area (Å²) < 4.78 is 4.83. The van der Waals surface area contributed by atoms with Crippen LogP contribution in [0.15, 0.2) is 84.1 Å². The second-order valence-corrected chi connectivity index (χ2v) is 9.25. The summed E-state index contributed by atoms with van der Waals surface area (Å²) in [6.07, 6.45) is 4.28. The van der Waals surface area contributed by atoms with Gasteiger partial charge in [0.05, 0.1) is 36.1 Å². The molecule has 3 heterocycles. The normalized spacial score (nSPS) is 13.1. The number of H-pyrrole nitrogens is 2. The summed E-state index contributed by atoms with van der Waals surface area (Å²) in [6, 6.07) is 20.5. The van der Waals surface area contributed by atoms with Gasteiger partial charge in [-0.25, -0.2) is 14.8 Å². The number of aromatic hydroxyl groups is 1. The van der Waals surface area contributed by atoms with Crippen molar-refractivity contribution in [2.75, 3.05) is 18.6 Å². The van der Waals surface area contributed by atoms with Crippen molar-refractivity contribution in [2.24, 2.45) is 4.99 Å². The van der Waals surface area contributed by atoms with Crippen LogP contribution in [0.3, 0.4) is 0 Å². The number of carbonyl (C=O) groups excluding carboxylic acids is 2. The molecule has 0 saturated carbocycles. The molecule has 3 aromatic carbocycles. The number of methoxy groups -OCH3 is 1. The number of aliphatic imine (C=N–C) groups is 1. The van der Waals surface area contributed by atoms with E-state index in [2.05, 4.69) is 15.0 Å². The van der Waals surface area contributed by atoms with Crippen LogP contribution in [0, 0.1) is 0 Å². The maximum absolute atomic E-state index is 12.9. The number of aromatic nitrogens is 3. The van der Waals surface area contributed by atoms with Gasteiger partial charge in [-0.15, -0.1) is 0 Å². The Morgan fingerprint density at radius 1 is 1.08 bits per heavy atom. The third kappa shape index (κ3) is 4.54. The van der Waals surface area contributed by atoms with Crippen LogP contribution in [0.25, 0.3) is 10.9 Å².